The summed E-state index contributed by atoms with van der Waals surface area (Å²) in [7, 11) is 3.59. The van der Waals surface area contributed by atoms with Gasteiger partial charge in [-0.15, -0.1) is 0 Å². The van der Waals surface area contributed by atoms with E-state index in [1.165, 1.54) is 18.0 Å². The topological polar surface area (TPSA) is 41.6 Å². The van der Waals surface area contributed by atoms with Gasteiger partial charge in [0, 0.05) is 5.02 Å². The minimum atomic E-state index is -0.720. The molecule has 0 spiro atoms. The Morgan fingerprint density at radius 3 is 2.48 bits per heavy atom. The second-order valence-corrected chi connectivity index (χ2v) is 7.43. The number of ether oxygens (including phenoxy) is 1. The molecule has 4 nitrogen and oxygen atoms in total. The van der Waals surface area contributed by atoms with Crippen molar-refractivity contribution in [3.63, 3.8) is 0 Å². The van der Waals surface area contributed by atoms with Gasteiger partial charge in [0.1, 0.15) is 5.60 Å². The first-order chi connectivity index (χ1) is 9.51. The van der Waals surface area contributed by atoms with Gasteiger partial charge in [-0.3, -0.25) is 9.62 Å². The fourth-order valence-electron chi connectivity index (χ4n) is 1.49. The van der Waals surface area contributed by atoms with E-state index in [-0.39, 0.29) is 5.69 Å². The average molecular weight is 335 g/mol. The molecule has 0 aliphatic heterocycles. The van der Waals surface area contributed by atoms with E-state index in [2.05, 4.69) is 5.32 Å². The Labute approximate surface area is 134 Å². The van der Waals surface area contributed by atoms with Gasteiger partial charge in [-0.05, 0) is 65.4 Å². The molecule has 0 aliphatic rings. The lowest BCUT2D eigenvalue weighted by atomic mass is 10.2. The predicted molar refractivity (Wildman–Crippen MR) is 85.5 cm³/mol. The van der Waals surface area contributed by atoms with E-state index in [4.69, 9.17) is 16.3 Å². The monoisotopic (exact) mass is 334 g/mol. The van der Waals surface area contributed by atoms with Crippen molar-refractivity contribution in [3.05, 3.63) is 22.5 Å². The molecule has 0 atom stereocenters. The van der Waals surface area contributed by atoms with Crippen molar-refractivity contribution in [2.24, 2.45) is 0 Å². The van der Waals surface area contributed by atoms with Gasteiger partial charge >= 0.3 is 6.09 Å². The first-order valence-electron chi connectivity index (χ1n) is 6.35. The first kappa shape index (κ1) is 18.1. The van der Waals surface area contributed by atoms with Crippen LogP contribution < -0.4 is 5.32 Å². The van der Waals surface area contributed by atoms with Crippen LogP contribution in [0.25, 0.3) is 0 Å². The van der Waals surface area contributed by atoms with Crippen LogP contribution in [0.15, 0.2) is 11.0 Å². The van der Waals surface area contributed by atoms with Crippen molar-refractivity contribution in [2.75, 3.05) is 19.4 Å². The third-order valence-electron chi connectivity index (χ3n) is 2.32. The van der Waals surface area contributed by atoms with Crippen LogP contribution in [0.5, 0.6) is 0 Å². The summed E-state index contributed by atoms with van der Waals surface area (Å²) in [6.07, 6.45) is -0.720. The van der Waals surface area contributed by atoms with Gasteiger partial charge in [-0.25, -0.2) is 9.18 Å². The number of hydrogen-bond donors (Lipinski definition) is 1. The summed E-state index contributed by atoms with van der Waals surface area (Å²) in [5, 5.41) is 2.78. The van der Waals surface area contributed by atoms with E-state index in [9.17, 15) is 9.18 Å². The molecule has 0 bridgehead atoms. The standard InChI is InChI=1S/C14H20ClFN2O2S/c1-8-9(15)7-10(11(16)12(8)21-18(5)6)17-13(19)20-14(2,3)4/h7H,1-6H3,(H,17,19). The van der Waals surface area contributed by atoms with E-state index in [1.807, 2.05) is 0 Å². The highest BCUT2D eigenvalue weighted by Crippen LogP contribution is 2.36. The molecule has 0 aliphatic carbocycles. The zero-order valence-electron chi connectivity index (χ0n) is 13.0. The number of carbonyl (C=O) groups is 1. The van der Waals surface area contributed by atoms with Crippen molar-refractivity contribution >= 4 is 35.3 Å². The van der Waals surface area contributed by atoms with Crippen LogP contribution >= 0.6 is 23.5 Å². The molecule has 1 rings (SSSR count). The second-order valence-electron chi connectivity index (χ2n) is 5.70. The number of benzene rings is 1. The predicted octanol–water partition coefficient (Wildman–Crippen LogP) is 4.70. The van der Waals surface area contributed by atoms with Crippen LogP contribution in [-0.4, -0.2) is 30.1 Å². The van der Waals surface area contributed by atoms with Crippen LogP contribution in [-0.2, 0) is 4.74 Å². The van der Waals surface area contributed by atoms with Crippen molar-refractivity contribution < 1.29 is 13.9 Å². The number of nitrogens with one attached hydrogen (secondary N) is 1. The number of hydrogen-bond acceptors (Lipinski definition) is 4. The zero-order chi connectivity index (χ0) is 16.4. The highest BCUT2D eigenvalue weighted by molar-refractivity contribution is 7.97. The van der Waals surface area contributed by atoms with Gasteiger partial charge < -0.3 is 4.74 Å². The van der Waals surface area contributed by atoms with Crippen molar-refractivity contribution in [3.8, 4) is 0 Å². The molecule has 0 radical (unpaired) electrons. The SMILES string of the molecule is Cc1c(Cl)cc(NC(=O)OC(C)(C)C)c(F)c1SN(C)C. The lowest BCUT2D eigenvalue weighted by Crippen LogP contribution is -2.27. The zero-order valence-corrected chi connectivity index (χ0v) is 14.6. The number of amides is 1. The third-order valence-corrected chi connectivity index (χ3v) is 3.74. The van der Waals surface area contributed by atoms with Gasteiger partial charge in [-0.1, -0.05) is 11.6 Å². The maximum atomic E-state index is 14.5. The molecule has 0 unspecified atom stereocenters. The first-order valence-corrected chi connectivity index (χ1v) is 7.50. The third kappa shape index (κ3) is 5.37. The Morgan fingerprint density at radius 2 is 2.00 bits per heavy atom. The number of anilines is 1. The highest BCUT2D eigenvalue weighted by atomic mass is 35.5. The minimum absolute atomic E-state index is 0.00389. The largest absolute Gasteiger partial charge is 0.444 e. The Hall–Kier alpha value is -0.980. The highest BCUT2D eigenvalue weighted by Gasteiger charge is 2.21. The summed E-state index contributed by atoms with van der Waals surface area (Å²) < 4.78 is 21.4. The van der Waals surface area contributed by atoms with E-state index < -0.39 is 17.5 Å². The van der Waals surface area contributed by atoms with Crippen LogP contribution in [0, 0.1) is 12.7 Å². The molecular formula is C14H20ClFN2O2S. The maximum Gasteiger partial charge on any atom is 0.412 e. The molecule has 1 N–H and O–H groups in total. The fourth-order valence-corrected chi connectivity index (χ4v) is 2.55. The summed E-state index contributed by atoms with van der Waals surface area (Å²) in [5.74, 6) is -0.526. The average Bonchev–Trinajstić information content (AvgIpc) is 2.29. The van der Waals surface area contributed by atoms with E-state index in [0.717, 1.165) is 0 Å². The number of nitrogens with zero attached hydrogens (tertiary/aromatic N) is 1. The second kappa shape index (κ2) is 6.85. The molecule has 7 heteroatoms. The summed E-state index contributed by atoms with van der Waals surface area (Å²) in [6, 6.07) is 1.38. The number of halogens is 2. The van der Waals surface area contributed by atoms with Gasteiger partial charge in [0.25, 0.3) is 0 Å². The fraction of sp³-hybridized carbons (Fsp3) is 0.500. The quantitative estimate of drug-likeness (QED) is 0.813. The summed E-state index contributed by atoms with van der Waals surface area (Å²) in [4.78, 5) is 12.1. The van der Waals surface area contributed by atoms with Gasteiger partial charge in [-0.2, -0.15) is 0 Å². The Bertz CT molecular complexity index is 545. The number of rotatable bonds is 3. The molecule has 0 fully saturated rings. The summed E-state index contributed by atoms with van der Waals surface area (Å²) >= 11 is 7.30. The molecule has 118 valence electrons. The maximum absolute atomic E-state index is 14.5. The van der Waals surface area contributed by atoms with Gasteiger partial charge in [0.2, 0.25) is 0 Å². The minimum Gasteiger partial charge on any atom is -0.444 e. The molecule has 1 aromatic carbocycles. The molecule has 1 aromatic rings. The molecule has 0 saturated heterocycles. The van der Waals surface area contributed by atoms with Crippen LogP contribution in [0.4, 0.5) is 14.9 Å². The van der Waals surface area contributed by atoms with Crippen molar-refractivity contribution in [1.29, 1.82) is 0 Å². The normalized spacial score (nSPS) is 11.7. The molecule has 21 heavy (non-hydrogen) atoms. The van der Waals surface area contributed by atoms with Gasteiger partial charge in [0.15, 0.2) is 5.82 Å². The lowest BCUT2D eigenvalue weighted by Gasteiger charge is -2.21. The van der Waals surface area contributed by atoms with Crippen LogP contribution in [0.3, 0.4) is 0 Å². The van der Waals surface area contributed by atoms with Crippen molar-refractivity contribution in [1.82, 2.24) is 4.31 Å². The Kier molecular flexibility index (Phi) is 5.90. The summed E-state index contributed by atoms with van der Waals surface area (Å²) in [5.41, 5.74) is -0.0252. The molecule has 1 amide bonds. The van der Waals surface area contributed by atoms with Crippen molar-refractivity contribution in [2.45, 2.75) is 38.2 Å². The van der Waals surface area contributed by atoms with E-state index in [0.29, 0.717) is 15.5 Å². The van der Waals surface area contributed by atoms with E-state index >= 15 is 0 Å². The van der Waals surface area contributed by atoms with Crippen LogP contribution in [0.2, 0.25) is 5.02 Å². The van der Waals surface area contributed by atoms with Crippen LogP contribution in [0.1, 0.15) is 26.3 Å². The molecule has 0 aromatic heterocycles. The molecule has 0 saturated carbocycles. The lowest BCUT2D eigenvalue weighted by molar-refractivity contribution is 0.0635. The Balaban J connectivity index is 3.08. The molecular weight excluding hydrogens is 315 g/mol. The van der Waals surface area contributed by atoms with Gasteiger partial charge in [0.05, 0.1) is 10.6 Å². The smallest absolute Gasteiger partial charge is 0.412 e. The molecule has 0 heterocycles. The Morgan fingerprint density at radius 1 is 1.43 bits per heavy atom. The van der Waals surface area contributed by atoms with E-state index in [1.54, 1.807) is 46.1 Å². The summed E-state index contributed by atoms with van der Waals surface area (Å²) in [6.45, 7) is 6.93. The number of carbonyl (C=O) groups excluding carboxylic acids is 1.